The monoisotopic (exact) mass is 415 g/mol. The van der Waals surface area contributed by atoms with Crippen molar-refractivity contribution in [3.8, 4) is 0 Å². The second kappa shape index (κ2) is 8.90. The predicted octanol–water partition coefficient (Wildman–Crippen LogP) is 3.61. The van der Waals surface area contributed by atoms with Crippen molar-refractivity contribution < 1.29 is 28.2 Å². The van der Waals surface area contributed by atoms with E-state index in [1.807, 2.05) is 13.8 Å². The van der Waals surface area contributed by atoms with E-state index in [0.717, 1.165) is 0 Å². The van der Waals surface area contributed by atoms with E-state index >= 15 is 0 Å². The highest BCUT2D eigenvalue weighted by molar-refractivity contribution is 6.17. The Labute approximate surface area is 175 Å². The van der Waals surface area contributed by atoms with E-state index in [4.69, 9.17) is 9.47 Å². The lowest BCUT2D eigenvalue weighted by Crippen LogP contribution is -2.48. The van der Waals surface area contributed by atoms with Crippen molar-refractivity contribution >= 4 is 23.4 Å². The Kier molecular flexibility index (Phi) is 6.48. The third-order valence-corrected chi connectivity index (χ3v) is 5.76. The van der Waals surface area contributed by atoms with E-state index in [0.29, 0.717) is 29.8 Å². The van der Waals surface area contributed by atoms with Crippen LogP contribution in [0.5, 0.6) is 0 Å². The first-order valence-corrected chi connectivity index (χ1v) is 10.1. The molecule has 1 aliphatic heterocycles. The summed E-state index contributed by atoms with van der Waals surface area (Å²) < 4.78 is 23.8. The van der Waals surface area contributed by atoms with Crippen LogP contribution in [0.2, 0.25) is 0 Å². The summed E-state index contributed by atoms with van der Waals surface area (Å²) in [5.74, 6) is -4.60. The molecule has 30 heavy (non-hydrogen) atoms. The van der Waals surface area contributed by atoms with Gasteiger partial charge in [-0.3, -0.25) is 14.6 Å². The molecule has 6 nitrogen and oxygen atoms in total. The minimum atomic E-state index is -0.937. The molecule has 4 atom stereocenters. The Bertz CT molecular complexity index is 918. The fourth-order valence-corrected chi connectivity index (χ4v) is 4.40. The average molecular weight is 415 g/mol. The van der Waals surface area contributed by atoms with Crippen LogP contribution in [0.25, 0.3) is 0 Å². The van der Waals surface area contributed by atoms with Gasteiger partial charge in [0.25, 0.3) is 0 Å². The van der Waals surface area contributed by atoms with E-state index in [1.54, 1.807) is 19.1 Å². The van der Waals surface area contributed by atoms with Crippen LogP contribution < -0.4 is 0 Å². The number of methoxy groups -OCH3 is 1. The quantitative estimate of drug-likeness (QED) is 0.542. The molecule has 1 fully saturated rings. The number of fused-ring (bicyclic) bond motifs is 1. The van der Waals surface area contributed by atoms with Crippen molar-refractivity contribution in [1.29, 1.82) is 0 Å². The van der Waals surface area contributed by atoms with Crippen molar-refractivity contribution in [2.45, 2.75) is 39.5 Å². The van der Waals surface area contributed by atoms with Crippen molar-refractivity contribution in [1.82, 2.24) is 0 Å². The van der Waals surface area contributed by atoms with Crippen molar-refractivity contribution in [2.75, 3.05) is 13.7 Å². The molecule has 1 saturated carbocycles. The number of hydrogen-bond donors (Lipinski definition) is 0. The molecule has 2 aliphatic rings. The lowest BCUT2D eigenvalue weighted by atomic mass is 9.64. The third kappa shape index (κ3) is 3.93. The van der Waals surface area contributed by atoms with Crippen molar-refractivity contribution in [2.24, 2.45) is 22.7 Å². The molecule has 160 valence electrons. The fourth-order valence-electron chi connectivity index (χ4n) is 4.40. The van der Waals surface area contributed by atoms with Crippen LogP contribution >= 0.6 is 0 Å². The molecule has 0 radical (unpaired) electrons. The molecule has 3 rings (SSSR count). The number of ketones is 1. The topological polar surface area (TPSA) is 82.0 Å². The van der Waals surface area contributed by atoms with Gasteiger partial charge in [0.15, 0.2) is 5.78 Å². The predicted molar refractivity (Wildman–Crippen MR) is 108 cm³/mol. The number of carbonyl (C=O) groups is 3. The van der Waals surface area contributed by atoms with E-state index < -0.39 is 35.5 Å². The molecule has 0 amide bonds. The third-order valence-electron chi connectivity index (χ3n) is 5.76. The molecule has 0 saturated heterocycles. The van der Waals surface area contributed by atoms with E-state index in [9.17, 15) is 18.8 Å². The molecule has 1 heterocycles. The summed E-state index contributed by atoms with van der Waals surface area (Å²) in [4.78, 5) is 43.3. The largest absolute Gasteiger partial charge is 0.468 e. The number of halogens is 1. The summed E-state index contributed by atoms with van der Waals surface area (Å²) in [7, 11) is 1.25. The highest BCUT2D eigenvalue weighted by Gasteiger charge is 2.51. The number of Topliss-reactive ketones (excluding diaryl/α,β-unsaturated/α-hetero) is 1. The molecule has 1 aliphatic carbocycles. The SMILES string of the molecule is CCCOC(=O)C1=C(C)N=C2C[C@@H](C)[C@H](C(=O)OC)C(=O)[C@@H]2[C@@H]1c1ccc(F)cc1. The van der Waals surface area contributed by atoms with Gasteiger partial charge in [-0.1, -0.05) is 26.0 Å². The highest BCUT2D eigenvalue weighted by atomic mass is 19.1. The van der Waals surface area contributed by atoms with E-state index in [2.05, 4.69) is 4.99 Å². The maximum Gasteiger partial charge on any atom is 0.336 e. The average Bonchev–Trinajstić information content (AvgIpc) is 2.71. The Morgan fingerprint density at radius 3 is 2.47 bits per heavy atom. The maximum absolute atomic E-state index is 13.6. The zero-order valence-electron chi connectivity index (χ0n) is 17.6. The van der Waals surface area contributed by atoms with Crippen molar-refractivity contribution in [3.05, 3.63) is 46.9 Å². The van der Waals surface area contributed by atoms with Crippen LogP contribution in [0.1, 0.15) is 45.1 Å². The first kappa shape index (κ1) is 21.9. The standard InChI is InChI=1S/C23H26FNO5/c1-5-10-30-23(28)18-13(3)25-16-11-12(2)17(22(27)29-4)21(26)20(16)19(18)14-6-8-15(24)9-7-14/h6-9,12,17,19-20H,5,10-11H2,1-4H3/t12-,17+,19-,20+/m1/s1. The minimum Gasteiger partial charge on any atom is -0.468 e. The van der Waals surface area contributed by atoms with Gasteiger partial charge in [-0.2, -0.15) is 0 Å². The van der Waals surface area contributed by atoms with Crippen LogP contribution in [0, 0.1) is 23.6 Å². The number of benzene rings is 1. The summed E-state index contributed by atoms with van der Waals surface area (Å²) in [5.41, 5.74) is 1.98. The minimum absolute atomic E-state index is 0.239. The Balaban J connectivity index is 2.14. The molecular weight excluding hydrogens is 389 g/mol. The van der Waals surface area contributed by atoms with E-state index in [1.165, 1.54) is 19.2 Å². The molecule has 1 aromatic rings. The lowest BCUT2D eigenvalue weighted by molar-refractivity contribution is -0.152. The molecular formula is C23H26FNO5. The lowest BCUT2D eigenvalue weighted by Gasteiger charge is -2.40. The summed E-state index contributed by atoms with van der Waals surface area (Å²) in [6, 6.07) is 5.70. The second-order valence-electron chi connectivity index (χ2n) is 7.83. The van der Waals surface area contributed by atoms with Gasteiger partial charge in [-0.05, 0) is 43.4 Å². The maximum atomic E-state index is 13.6. The van der Waals surface area contributed by atoms with Gasteiger partial charge in [0.2, 0.25) is 0 Å². The molecule has 0 spiro atoms. The fraction of sp³-hybridized carbons (Fsp3) is 0.478. The number of ether oxygens (including phenoxy) is 2. The Morgan fingerprint density at radius 2 is 1.87 bits per heavy atom. The normalized spacial score (nSPS) is 26.0. The van der Waals surface area contributed by atoms with Crippen LogP contribution in [0.4, 0.5) is 4.39 Å². The molecule has 0 N–H and O–H groups in total. The van der Waals surface area contributed by atoms with Crippen LogP contribution in [0.3, 0.4) is 0 Å². The number of aliphatic imine (C=N–C) groups is 1. The molecule has 0 unspecified atom stereocenters. The zero-order valence-corrected chi connectivity index (χ0v) is 17.6. The summed E-state index contributed by atoms with van der Waals surface area (Å²) >= 11 is 0. The van der Waals surface area contributed by atoms with Gasteiger partial charge in [0, 0.05) is 17.3 Å². The van der Waals surface area contributed by atoms with Crippen LogP contribution in [-0.2, 0) is 23.9 Å². The first-order valence-electron chi connectivity index (χ1n) is 10.1. The Hall–Kier alpha value is -2.83. The van der Waals surface area contributed by atoms with Gasteiger partial charge >= 0.3 is 11.9 Å². The van der Waals surface area contributed by atoms with E-state index in [-0.39, 0.29) is 23.9 Å². The van der Waals surface area contributed by atoms with Gasteiger partial charge < -0.3 is 9.47 Å². The molecule has 0 bridgehead atoms. The van der Waals surface area contributed by atoms with Gasteiger partial charge in [0.1, 0.15) is 11.7 Å². The summed E-state index contributed by atoms with van der Waals surface area (Å²) in [5, 5.41) is 0. The summed E-state index contributed by atoms with van der Waals surface area (Å²) in [6.07, 6.45) is 1.08. The van der Waals surface area contributed by atoms with Crippen LogP contribution in [-0.4, -0.2) is 37.2 Å². The number of nitrogens with zero attached hydrogens (tertiary/aromatic N) is 1. The Morgan fingerprint density at radius 1 is 1.20 bits per heavy atom. The number of hydrogen-bond acceptors (Lipinski definition) is 6. The molecule has 1 aromatic carbocycles. The molecule has 0 aromatic heterocycles. The highest BCUT2D eigenvalue weighted by Crippen LogP contribution is 2.45. The smallest absolute Gasteiger partial charge is 0.336 e. The number of rotatable bonds is 5. The van der Waals surface area contributed by atoms with Gasteiger partial charge in [-0.15, -0.1) is 0 Å². The van der Waals surface area contributed by atoms with Gasteiger partial charge in [0.05, 0.1) is 25.2 Å². The van der Waals surface area contributed by atoms with Crippen LogP contribution in [0.15, 0.2) is 40.5 Å². The second-order valence-corrected chi connectivity index (χ2v) is 7.83. The number of carbonyl (C=O) groups excluding carboxylic acids is 3. The summed E-state index contributed by atoms with van der Waals surface area (Å²) in [6.45, 7) is 5.65. The number of esters is 2. The van der Waals surface area contributed by atoms with Crippen molar-refractivity contribution in [3.63, 3.8) is 0 Å². The molecule has 7 heteroatoms. The number of allylic oxidation sites excluding steroid dienone is 1. The zero-order chi connectivity index (χ0) is 22.0. The van der Waals surface area contributed by atoms with Gasteiger partial charge in [-0.25, -0.2) is 9.18 Å². The first-order chi connectivity index (χ1) is 14.3.